The van der Waals surface area contributed by atoms with Crippen molar-refractivity contribution >= 4 is 58.4 Å². The highest BCUT2D eigenvalue weighted by Crippen LogP contribution is 2.37. The van der Waals surface area contributed by atoms with Crippen LogP contribution < -0.4 is 10.1 Å². The SMILES string of the molecule is COc1ccc(C(=O)Nc2ccc(S(=O)(=O)O)c3cc(S(=O)(=O)O)cc(S(=O)(=O)O)c23)cc1[N+](=O)[O-]. The van der Waals surface area contributed by atoms with E-state index in [1.807, 2.05) is 0 Å². The highest BCUT2D eigenvalue weighted by atomic mass is 32.2. The van der Waals surface area contributed by atoms with Crippen LogP contribution in [0.1, 0.15) is 10.4 Å². The van der Waals surface area contributed by atoms with E-state index in [0.717, 1.165) is 31.4 Å². The van der Waals surface area contributed by atoms with E-state index < -0.39 is 78.0 Å². The van der Waals surface area contributed by atoms with Gasteiger partial charge in [-0.15, -0.1) is 0 Å². The minimum atomic E-state index is -5.33. The number of ether oxygens (including phenoxy) is 1. The van der Waals surface area contributed by atoms with Gasteiger partial charge in [-0.1, -0.05) is 0 Å². The fourth-order valence-electron chi connectivity index (χ4n) is 3.24. The first kappa shape index (κ1) is 26.9. The van der Waals surface area contributed by atoms with Gasteiger partial charge in [0, 0.05) is 22.4 Å². The Morgan fingerprint density at radius 2 is 1.50 bits per heavy atom. The minimum Gasteiger partial charge on any atom is -0.490 e. The number of carbonyl (C=O) groups excluding carboxylic acids is 1. The number of amides is 1. The zero-order chi connectivity index (χ0) is 27.2. The molecule has 4 N–H and O–H groups in total. The first-order valence-corrected chi connectivity index (χ1v) is 13.4. The normalized spacial score (nSPS) is 12.3. The molecular formula is C18H14N2O13S3. The molecule has 3 rings (SSSR count). The van der Waals surface area contributed by atoms with Crippen LogP contribution in [-0.4, -0.2) is 56.9 Å². The molecule has 15 nitrogen and oxygen atoms in total. The standard InChI is InChI=1S/C18H14N2O13S3/c1-33-14-4-2-9(6-13(14)20(22)23)18(21)19-12-3-5-15(35(27,28)29)11-7-10(34(24,25)26)8-16(17(11)12)36(30,31)32/h2-8H,1H3,(H,19,21)(H,24,25,26)(H,27,28,29)(H,30,31,32). The number of carbonyl (C=O) groups is 1. The lowest BCUT2D eigenvalue weighted by Gasteiger charge is -2.15. The highest BCUT2D eigenvalue weighted by molar-refractivity contribution is 7.87. The smallest absolute Gasteiger partial charge is 0.311 e. The van der Waals surface area contributed by atoms with Crippen LogP contribution in [0.25, 0.3) is 10.8 Å². The van der Waals surface area contributed by atoms with E-state index in [4.69, 9.17) is 4.74 Å². The molecule has 0 aliphatic rings. The molecule has 0 aliphatic carbocycles. The number of rotatable bonds is 7. The average molecular weight is 563 g/mol. The molecule has 36 heavy (non-hydrogen) atoms. The van der Waals surface area contributed by atoms with Gasteiger partial charge in [0.15, 0.2) is 5.75 Å². The van der Waals surface area contributed by atoms with Gasteiger partial charge in [-0.05, 0) is 36.4 Å². The summed E-state index contributed by atoms with van der Waals surface area (Å²) in [5.74, 6) is -1.24. The summed E-state index contributed by atoms with van der Waals surface area (Å²) in [5.41, 5.74) is -1.42. The Morgan fingerprint density at radius 3 is 2.00 bits per heavy atom. The summed E-state index contributed by atoms with van der Waals surface area (Å²) in [5, 5.41) is 11.9. The van der Waals surface area contributed by atoms with Crippen molar-refractivity contribution in [3.8, 4) is 5.75 Å². The van der Waals surface area contributed by atoms with Gasteiger partial charge in [0.2, 0.25) is 0 Å². The third kappa shape index (κ3) is 5.27. The van der Waals surface area contributed by atoms with E-state index in [2.05, 4.69) is 5.32 Å². The van der Waals surface area contributed by atoms with Crippen LogP contribution in [-0.2, 0) is 30.4 Å². The number of hydrogen-bond acceptors (Lipinski definition) is 10. The first-order chi connectivity index (χ1) is 16.4. The second-order valence-corrected chi connectivity index (χ2v) is 11.2. The van der Waals surface area contributed by atoms with E-state index in [-0.39, 0.29) is 11.3 Å². The molecule has 0 fully saturated rings. The van der Waals surface area contributed by atoms with Gasteiger partial charge in [0.25, 0.3) is 36.3 Å². The second-order valence-electron chi connectivity index (χ2n) is 6.98. The number of hydrogen-bond donors (Lipinski definition) is 4. The van der Waals surface area contributed by atoms with Gasteiger partial charge < -0.3 is 10.1 Å². The van der Waals surface area contributed by atoms with E-state index in [1.54, 1.807) is 0 Å². The quantitative estimate of drug-likeness (QED) is 0.182. The van der Waals surface area contributed by atoms with Crippen LogP contribution in [0.15, 0.2) is 57.2 Å². The van der Waals surface area contributed by atoms with Crippen molar-refractivity contribution in [1.82, 2.24) is 0 Å². The van der Waals surface area contributed by atoms with Crippen molar-refractivity contribution in [2.45, 2.75) is 14.7 Å². The zero-order valence-electron chi connectivity index (χ0n) is 17.6. The van der Waals surface area contributed by atoms with Gasteiger partial charge in [0.05, 0.1) is 22.6 Å². The van der Waals surface area contributed by atoms with Crippen LogP contribution in [0.5, 0.6) is 5.75 Å². The molecule has 0 heterocycles. The number of nitrogens with zero attached hydrogens (tertiary/aromatic N) is 1. The van der Waals surface area contributed by atoms with Gasteiger partial charge >= 0.3 is 5.69 Å². The molecular weight excluding hydrogens is 548 g/mol. The molecule has 0 atom stereocenters. The lowest BCUT2D eigenvalue weighted by Crippen LogP contribution is -2.14. The molecule has 0 radical (unpaired) electrons. The molecule has 0 spiro atoms. The van der Waals surface area contributed by atoms with Gasteiger partial charge in [-0.3, -0.25) is 28.6 Å². The number of anilines is 1. The van der Waals surface area contributed by atoms with Crippen molar-refractivity contribution < 1.29 is 53.4 Å². The van der Waals surface area contributed by atoms with Crippen molar-refractivity contribution in [2.24, 2.45) is 0 Å². The lowest BCUT2D eigenvalue weighted by atomic mass is 10.1. The van der Waals surface area contributed by atoms with Gasteiger partial charge in [0.1, 0.15) is 9.79 Å². The monoisotopic (exact) mass is 562 g/mol. The van der Waals surface area contributed by atoms with Crippen LogP contribution >= 0.6 is 0 Å². The van der Waals surface area contributed by atoms with Crippen molar-refractivity contribution in [1.29, 1.82) is 0 Å². The fraction of sp³-hybridized carbons (Fsp3) is 0.0556. The van der Waals surface area contributed by atoms with Crippen LogP contribution in [0.3, 0.4) is 0 Å². The van der Waals surface area contributed by atoms with Crippen LogP contribution in [0, 0.1) is 10.1 Å². The number of nitro benzene ring substituents is 1. The third-order valence-electron chi connectivity index (χ3n) is 4.75. The molecule has 192 valence electrons. The Labute approximate surface area is 202 Å². The van der Waals surface area contributed by atoms with Crippen LogP contribution in [0.4, 0.5) is 11.4 Å². The molecule has 0 unspecified atom stereocenters. The topological polar surface area (TPSA) is 245 Å². The number of nitrogens with one attached hydrogen (secondary N) is 1. The zero-order valence-corrected chi connectivity index (χ0v) is 20.1. The summed E-state index contributed by atoms with van der Waals surface area (Å²) in [4.78, 5) is 19.8. The fourth-order valence-corrected chi connectivity index (χ4v) is 5.29. The van der Waals surface area contributed by atoms with Crippen molar-refractivity contribution in [3.05, 3.63) is 58.1 Å². The maximum absolute atomic E-state index is 12.8. The largest absolute Gasteiger partial charge is 0.490 e. The summed E-state index contributed by atoms with van der Waals surface area (Å²) in [7, 11) is -14.5. The first-order valence-electron chi connectivity index (χ1n) is 9.12. The number of fused-ring (bicyclic) bond motifs is 1. The molecule has 0 saturated heterocycles. The maximum atomic E-state index is 12.8. The molecule has 1 amide bonds. The Kier molecular flexibility index (Phi) is 6.79. The van der Waals surface area contributed by atoms with Crippen molar-refractivity contribution in [3.63, 3.8) is 0 Å². The number of nitro groups is 1. The maximum Gasteiger partial charge on any atom is 0.311 e. The molecule has 3 aromatic carbocycles. The number of benzene rings is 3. The summed E-state index contributed by atoms with van der Waals surface area (Å²) < 4.78 is 105. The molecule has 0 saturated carbocycles. The predicted molar refractivity (Wildman–Crippen MR) is 121 cm³/mol. The molecule has 0 aliphatic heterocycles. The Hall–Kier alpha value is -3.68. The van der Waals surface area contributed by atoms with E-state index in [1.165, 1.54) is 0 Å². The summed E-state index contributed by atoms with van der Waals surface area (Å²) in [6.07, 6.45) is 0. The Morgan fingerprint density at radius 1 is 0.889 bits per heavy atom. The molecule has 18 heteroatoms. The van der Waals surface area contributed by atoms with Gasteiger partial charge in [-0.2, -0.15) is 25.3 Å². The summed E-state index contributed by atoms with van der Waals surface area (Å²) >= 11 is 0. The second kappa shape index (κ2) is 9.08. The van der Waals surface area contributed by atoms with E-state index in [0.29, 0.717) is 18.2 Å². The predicted octanol–water partition coefficient (Wildman–Crippen LogP) is 1.75. The Bertz CT molecular complexity index is 1760. The van der Waals surface area contributed by atoms with Crippen LogP contribution in [0.2, 0.25) is 0 Å². The molecule has 0 aromatic heterocycles. The number of methoxy groups -OCH3 is 1. The van der Waals surface area contributed by atoms with Crippen molar-refractivity contribution in [2.75, 3.05) is 12.4 Å². The minimum absolute atomic E-state index is 0.175. The molecule has 3 aromatic rings. The molecule has 0 bridgehead atoms. The highest BCUT2D eigenvalue weighted by Gasteiger charge is 2.27. The lowest BCUT2D eigenvalue weighted by molar-refractivity contribution is -0.385. The summed E-state index contributed by atoms with van der Waals surface area (Å²) in [6.45, 7) is 0. The Balaban J connectivity index is 2.35. The third-order valence-corrected chi connectivity index (χ3v) is 7.37. The van der Waals surface area contributed by atoms with Gasteiger partial charge in [-0.25, -0.2) is 0 Å². The van der Waals surface area contributed by atoms with E-state index >= 15 is 0 Å². The summed E-state index contributed by atoms with van der Waals surface area (Å²) in [6, 6.07) is 5.37. The average Bonchev–Trinajstić information content (AvgIpc) is 2.75. The van der Waals surface area contributed by atoms with E-state index in [9.17, 15) is 53.8 Å².